The van der Waals surface area contributed by atoms with E-state index < -0.39 is 11.9 Å². The predicted octanol–water partition coefficient (Wildman–Crippen LogP) is 0.857. The Morgan fingerprint density at radius 1 is 1.31 bits per heavy atom. The van der Waals surface area contributed by atoms with Gasteiger partial charge in [0.05, 0.1) is 0 Å². The lowest BCUT2D eigenvalue weighted by molar-refractivity contribution is -0.129. The minimum absolute atomic E-state index is 0.0827. The maximum absolute atomic E-state index is 11.8. The fraction of sp³-hybridized carbons (Fsp3) is 0.818. The molecular weight excluding hydrogens is 224 g/mol. The van der Waals surface area contributed by atoms with Gasteiger partial charge in [-0.1, -0.05) is 25.7 Å². The quantitative estimate of drug-likeness (QED) is 0.630. The van der Waals surface area contributed by atoms with Crippen molar-refractivity contribution in [1.29, 1.82) is 0 Å². The molecule has 0 aromatic rings. The number of nitrogens with one attached hydrogen (secondary N) is 1. The van der Waals surface area contributed by atoms with Crippen molar-refractivity contribution < 1.29 is 9.59 Å². The Kier molecular flexibility index (Phi) is 5.66. The van der Waals surface area contributed by atoms with Crippen molar-refractivity contribution in [2.75, 3.05) is 5.75 Å². The smallest absolute Gasteiger partial charge is 0.239 e. The fourth-order valence-electron chi connectivity index (χ4n) is 1.97. The van der Waals surface area contributed by atoms with E-state index in [1.165, 1.54) is 0 Å². The summed E-state index contributed by atoms with van der Waals surface area (Å²) in [6.45, 7) is 0. The van der Waals surface area contributed by atoms with E-state index in [4.69, 9.17) is 5.73 Å². The molecule has 1 aliphatic rings. The summed E-state index contributed by atoms with van der Waals surface area (Å²) in [5.41, 5.74) is 5.25. The van der Waals surface area contributed by atoms with Gasteiger partial charge in [0.25, 0.3) is 0 Å². The summed E-state index contributed by atoms with van der Waals surface area (Å²) < 4.78 is 0. The van der Waals surface area contributed by atoms with E-state index in [0.717, 1.165) is 32.1 Å². The molecule has 1 aliphatic heterocycles. The molecule has 16 heavy (non-hydrogen) atoms. The van der Waals surface area contributed by atoms with Crippen molar-refractivity contribution in [3.63, 3.8) is 0 Å². The number of hydrogen-bond donors (Lipinski definition) is 3. The molecule has 5 heteroatoms. The zero-order valence-corrected chi connectivity index (χ0v) is 10.3. The van der Waals surface area contributed by atoms with Crippen molar-refractivity contribution in [2.45, 2.75) is 44.6 Å². The highest BCUT2D eigenvalue weighted by Gasteiger charge is 2.23. The number of amides is 2. The number of primary amides is 1. The number of carbonyl (C=O) groups is 2. The maximum Gasteiger partial charge on any atom is 0.239 e. The van der Waals surface area contributed by atoms with Crippen LogP contribution in [-0.4, -0.2) is 23.6 Å². The monoisotopic (exact) mass is 244 g/mol. The predicted molar refractivity (Wildman–Crippen MR) is 66.2 cm³/mol. The minimum Gasteiger partial charge on any atom is -0.368 e. The molecule has 0 saturated carbocycles. The number of hydrogen-bond acceptors (Lipinski definition) is 3. The van der Waals surface area contributed by atoms with Gasteiger partial charge < -0.3 is 11.1 Å². The van der Waals surface area contributed by atoms with Gasteiger partial charge in [0.15, 0.2) is 0 Å². The van der Waals surface area contributed by atoms with Gasteiger partial charge in [-0.3, -0.25) is 9.59 Å². The van der Waals surface area contributed by atoms with Gasteiger partial charge in [0.2, 0.25) is 11.8 Å². The van der Waals surface area contributed by atoms with Crippen molar-refractivity contribution >= 4 is 24.4 Å². The first-order valence-electron chi connectivity index (χ1n) is 5.85. The largest absolute Gasteiger partial charge is 0.368 e. The lowest BCUT2D eigenvalue weighted by atomic mass is 9.97. The van der Waals surface area contributed by atoms with Crippen LogP contribution in [0.2, 0.25) is 0 Å². The summed E-state index contributed by atoms with van der Waals surface area (Å²) in [5.74, 6) is -0.0899. The third-order valence-corrected chi connectivity index (χ3v) is 3.49. The Balaban J connectivity index is 2.63. The maximum atomic E-state index is 11.8. The van der Waals surface area contributed by atoms with Gasteiger partial charge in [-0.2, -0.15) is 12.6 Å². The van der Waals surface area contributed by atoms with Crippen LogP contribution in [0.25, 0.3) is 0 Å². The molecule has 0 aromatic carbocycles. The summed E-state index contributed by atoms with van der Waals surface area (Å²) in [6.07, 6.45) is 5.71. The molecule has 3 N–H and O–H groups in total. The highest BCUT2D eigenvalue weighted by molar-refractivity contribution is 7.80. The van der Waals surface area contributed by atoms with E-state index in [1.807, 2.05) is 0 Å². The highest BCUT2D eigenvalue weighted by Crippen LogP contribution is 2.16. The molecule has 0 radical (unpaired) electrons. The van der Waals surface area contributed by atoms with Gasteiger partial charge in [-0.25, -0.2) is 0 Å². The van der Waals surface area contributed by atoms with E-state index in [-0.39, 0.29) is 11.8 Å². The molecule has 4 nitrogen and oxygen atoms in total. The Morgan fingerprint density at radius 2 is 1.94 bits per heavy atom. The molecule has 0 unspecified atom stereocenters. The molecule has 2 atom stereocenters. The second-order valence-electron chi connectivity index (χ2n) is 4.33. The first kappa shape index (κ1) is 13.4. The minimum atomic E-state index is -0.506. The van der Waals surface area contributed by atoms with Crippen molar-refractivity contribution in [2.24, 2.45) is 11.7 Å². The van der Waals surface area contributed by atoms with E-state index in [1.54, 1.807) is 0 Å². The molecule has 1 heterocycles. The molecule has 1 fully saturated rings. The average molecular weight is 244 g/mol. The van der Waals surface area contributed by atoms with Crippen LogP contribution in [0, 0.1) is 5.92 Å². The molecule has 1 saturated heterocycles. The van der Waals surface area contributed by atoms with Crippen LogP contribution in [0.4, 0.5) is 0 Å². The molecule has 0 bridgehead atoms. The van der Waals surface area contributed by atoms with Crippen LogP contribution in [0.15, 0.2) is 0 Å². The number of thiol groups is 1. The Morgan fingerprint density at radius 3 is 2.50 bits per heavy atom. The first-order valence-corrected chi connectivity index (χ1v) is 6.49. The van der Waals surface area contributed by atoms with E-state index in [9.17, 15) is 9.59 Å². The van der Waals surface area contributed by atoms with Crippen LogP contribution < -0.4 is 11.1 Å². The van der Waals surface area contributed by atoms with Gasteiger partial charge >= 0.3 is 0 Å². The average Bonchev–Trinajstić information content (AvgIpc) is 2.26. The molecule has 92 valence electrons. The number of nitrogens with two attached hydrogens (primary N) is 1. The Labute approximate surface area is 102 Å². The van der Waals surface area contributed by atoms with Crippen molar-refractivity contribution in [1.82, 2.24) is 5.32 Å². The SMILES string of the molecule is NC(=O)[C@H]1CCCCCC[C@H](CS)C(=O)N1. The van der Waals surface area contributed by atoms with Gasteiger partial charge in [-0.05, 0) is 12.8 Å². The van der Waals surface area contributed by atoms with Gasteiger partial charge in [0.1, 0.15) is 6.04 Å². The highest BCUT2D eigenvalue weighted by atomic mass is 32.1. The topological polar surface area (TPSA) is 72.2 Å². The second-order valence-corrected chi connectivity index (χ2v) is 4.70. The lowest BCUT2D eigenvalue weighted by Gasteiger charge is -2.21. The van der Waals surface area contributed by atoms with E-state index in [2.05, 4.69) is 17.9 Å². The van der Waals surface area contributed by atoms with Gasteiger partial charge in [-0.15, -0.1) is 0 Å². The normalized spacial score (nSPS) is 28.2. The summed E-state index contributed by atoms with van der Waals surface area (Å²) in [7, 11) is 0. The standard InChI is InChI=1S/C11H20N2O2S/c12-10(14)9-6-4-2-1-3-5-8(7-16)11(15)13-9/h8-9,16H,1-7H2,(H2,12,14)(H,13,15)/t8-,9-/m1/s1. The number of rotatable bonds is 2. The van der Waals surface area contributed by atoms with E-state index in [0.29, 0.717) is 12.2 Å². The van der Waals surface area contributed by atoms with Crippen molar-refractivity contribution in [3.8, 4) is 0 Å². The van der Waals surface area contributed by atoms with Crippen molar-refractivity contribution in [3.05, 3.63) is 0 Å². The Bertz CT molecular complexity index is 258. The molecular formula is C11H20N2O2S. The van der Waals surface area contributed by atoms with Gasteiger partial charge in [0, 0.05) is 11.7 Å². The third kappa shape index (κ3) is 4.04. The first-order chi connectivity index (χ1) is 7.65. The summed E-state index contributed by atoms with van der Waals surface area (Å²) >= 11 is 4.17. The van der Waals surface area contributed by atoms with Crippen LogP contribution in [0.3, 0.4) is 0 Å². The molecule has 1 rings (SSSR count). The number of carbonyl (C=O) groups excluding carboxylic acids is 2. The summed E-state index contributed by atoms with van der Waals surface area (Å²) in [6, 6.07) is -0.506. The summed E-state index contributed by atoms with van der Waals surface area (Å²) in [5, 5.41) is 2.72. The molecule has 0 aromatic heterocycles. The van der Waals surface area contributed by atoms with E-state index >= 15 is 0 Å². The van der Waals surface area contributed by atoms with Crippen LogP contribution in [-0.2, 0) is 9.59 Å². The second kappa shape index (κ2) is 6.78. The molecule has 2 amide bonds. The zero-order valence-electron chi connectivity index (χ0n) is 9.45. The zero-order chi connectivity index (χ0) is 12.0. The summed E-state index contributed by atoms with van der Waals surface area (Å²) in [4.78, 5) is 23.0. The Hall–Kier alpha value is -0.710. The van der Waals surface area contributed by atoms with Crippen LogP contribution >= 0.6 is 12.6 Å². The fourth-order valence-corrected chi connectivity index (χ4v) is 2.32. The molecule has 0 aliphatic carbocycles. The molecule has 0 spiro atoms. The third-order valence-electron chi connectivity index (χ3n) is 3.05. The van der Waals surface area contributed by atoms with Crippen LogP contribution in [0.1, 0.15) is 38.5 Å². The van der Waals surface area contributed by atoms with Crippen LogP contribution in [0.5, 0.6) is 0 Å². The lowest BCUT2D eigenvalue weighted by Crippen LogP contribution is -2.47.